The average Bonchev–Trinajstić information content (AvgIpc) is 2.44. The lowest BCUT2D eigenvalue weighted by Crippen LogP contribution is -2.37. The largest absolute Gasteiger partial charge is 0.508 e. The highest BCUT2D eigenvalue weighted by molar-refractivity contribution is 5.94. The maximum Gasteiger partial charge on any atom is 0.241 e. The van der Waals surface area contributed by atoms with E-state index in [0.29, 0.717) is 12.1 Å². The van der Waals surface area contributed by atoms with Crippen molar-refractivity contribution in [2.45, 2.75) is 12.5 Å². The molecular weight excluding hydrogens is 259 g/mol. The molecule has 0 saturated carbocycles. The summed E-state index contributed by atoms with van der Waals surface area (Å²) in [5.74, 6) is -0.542. The summed E-state index contributed by atoms with van der Waals surface area (Å²) in [5.41, 5.74) is 7.17. The van der Waals surface area contributed by atoms with Crippen LogP contribution >= 0.6 is 0 Å². The van der Waals surface area contributed by atoms with Crippen molar-refractivity contribution >= 4 is 11.6 Å². The van der Waals surface area contributed by atoms with Gasteiger partial charge in [0.15, 0.2) is 0 Å². The summed E-state index contributed by atoms with van der Waals surface area (Å²) >= 11 is 0. The first-order valence-corrected chi connectivity index (χ1v) is 6.14. The van der Waals surface area contributed by atoms with Crippen LogP contribution in [0.5, 0.6) is 5.75 Å². The van der Waals surface area contributed by atoms with Crippen molar-refractivity contribution in [2.24, 2.45) is 5.73 Å². The molecule has 0 spiro atoms. The molecule has 0 aromatic heterocycles. The number of carbonyl (C=O) groups is 1. The fraction of sp³-hybridized carbons (Fsp3) is 0.133. The third kappa shape index (κ3) is 3.80. The zero-order valence-corrected chi connectivity index (χ0v) is 10.7. The van der Waals surface area contributed by atoms with Gasteiger partial charge in [-0.25, -0.2) is 4.39 Å². The number of amides is 1. The van der Waals surface area contributed by atoms with Gasteiger partial charge in [0.2, 0.25) is 5.91 Å². The molecule has 1 atom stereocenters. The van der Waals surface area contributed by atoms with E-state index in [1.54, 1.807) is 24.3 Å². The fourth-order valence-corrected chi connectivity index (χ4v) is 1.75. The number of halogens is 1. The van der Waals surface area contributed by atoms with Crippen molar-refractivity contribution < 1.29 is 14.3 Å². The SMILES string of the molecule is N[C@@H](Cc1ccc(O)cc1)C(=O)Nc1ccc(F)cc1. The van der Waals surface area contributed by atoms with E-state index in [2.05, 4.69) is 5.32 Å². The predicted octanol–water partition coefficient (Wildman–Crippen LogP) is 2.04. The van der Waals surface area contributed by atoms with E-state index in [1.807, 2.05) is 0 Å². The lowest BCUT2D eigenvalue weighted by molar-refractivity contribution is -0.117. The molecule has 4 N–H and O–H groups in total. The lowest BCUT2D eigenvalue weighted by Gasteiger charge is -2.12. The maximum atomic E-state index is 12.7. The van der Waals surface area contributed by atoms with Crippen molar-refractivity contribution in [3.05, 3.63) is 59.9 Å². The summed E-state index contributed by atoms with van der Waals surface area (Å²) in [4.78, 5) is 11.9. The molecule has 0 aliphatic carbocycles. The number of nitrogens with two attached hydrogens (primary N) is 1. The molecule has 0 radical (unpaired) electrons. The molecule has 104 valence electrons. The van der Waals surface area contributed by atoms with Crippen LogP contribution in [0, 0.1) is 5.82 Å². The Hall–Kier alpha value is -2.40. The smallest absolute Gasteiger partial charge is 0.241 e. The zero-order valence-electron chi connectivity index (χ0n) is 10.7. The number of nitrogens with one attached hydrogen (secondary N) is 1. The summed E-state index contributed by atoms with van der Waals surface area (Å²) in [5, 5.41) is 11.8. The van der Waals surface area contributed by atoms with Gasteiger partial charge in [-0.15, -0.1) is 0 Å². The average molecular weight is 274 g/mol. The van der Waals surface area contributed by atoms with E-state index < -0.39 is 6.04 Å². The van der Waals surface area contributed by atoms with Gasteiger partial charge in [-0.3, -0.25) is 4.79 Å². The van der Waals surface area contributed by atoms with Gasteiger partial charge in [-0.2, -0.15) is 0 Å². The lowest BCUT2D eigenvalue weighted by atomic mass is 10.1. The molecule has 2 aromatic carbocycles. The minimum atomic E-state index is -0.718. The monoisotopic (exact) mass is 274 g/mol. The van der Waals surface area contributed by atoms with Gasteiger partial charge in [0.1, 0.15) is 11.6 Å². The van der Waals surface area contributed by atoms with Gasteiger partial charge in [-0.05, 0) is 48.4 Å². The van der Waals surface area contributed by atoms with E-state index in [1.165, 1.54) is 24.3 Å². The second kappa shape index (κ2) is 6.16. The third-order valence-corrected chi connectivity index (χ3v) is 2.84. The van der Waals surface area contributed by atoms with Crippen LogP contribution in [0.15, 0.2) is 48.5 Å². The number of benzene rings is 2. The second-order valence-electron chi connectivity index (χ2n) is 4.47. The first kappa shape index (κ1) is 14.0. The van der Waals surface area contributed by atoms with Crippen LogP contribution in [0.25, 0.3) is 0 Å². The maximum absolute atomic E-state index is 12.7. The van der Waals surface area contributed by atoms with Crippen LogP contribution in [0.1, 0.15) is 5.56 Å². The molecule has 5 heteroatoms. The molecule has 0 fully saturated rings. The minimum Gasteiger partial charge on any atom is -0.508 e. The Morgan fingerprint density at radius 3 is 2.35 bits per heavy atom. The minimum absolute atomic E-state index is 0.165. The molecule has 4 nitrogen and oxygen atoms in total. The van der Waals surface area contributed by atoms with Crippen LogP contribution in [-0.2, 0) is 11.2 Å². The summed E-state index contributed by atoms with van der Waals surface area (Å²) in [6, 6.07) is 11.3. The molecule has 0 unspecified atom stereocenters. The van der Waals surface area contributed by atoms with Crippen LogP contribution in [0.2, 0.25) is 0 Å². The standard InChI is InChI=1S/C15H15FN2O2/c16-11-3-5-12(6-4-11)18-15(20)14(17)9-10-1-7-13(19)8-2-10/h1-8,14,19H,9,17H2,(H,18,20)/t14-/m0/s1. The quantitative estimate of drug-likeness (QED) is 0.798. The Morgan fingerprint density at radius 1 is 1.15 bits per heavy atom. The highest BCUT2D eigenvalue weighted by Crippen LogP contribution is 2.12. The fourth-order valence-electron chi connectivity index (χ4n) is 1.75. The highest BCUT2D eigenvalue weighted by Gasteiger charge is 2.14. The van der Waals surface area contributed by atoms with Crippen LogP contribution < -0.4 is 11.1 Å². The van der Waals surface area contributed by atoms with Gasteiger partial charge in [-0.1, -0.05) is 12.1 Å². The number of carbonyl (C=O) groups excluding carboxylic acids is 1. The van der Waals surface area contributed by atoms with Gasteiger partial charge in [0.05, 0.1) is 6.04 Å². The van der Waals surface area contributed by atoms with Gasteiger partial charge < -0.3 is 16.2 Å². The molecular formula is C15H15FN2O2. The number of anilines is 1. The molecule has 20 heavy (non-hydrogen) atoms. The Bertz CT molecular complexity index is 582. The first-order chi connectivity index (χ1) is 9.54. The Labute approximate surface area is 116 Å². The van der Waals surface area contributed by atoms with Crippen LogP contribution in [-0.4, -0.2) is 17.1 Å². The number of hydrogen-bond donors (Lipinski definition) is 3. The summed E-state index contributed by atoms with van der Waals surface area (Å²) in [6.07, 6.45) is 0.354. The molecule has 0 saturated heterocycles. The Balaban J connectivity index is 1.94. The van der Waals surface area contributed by atoms with E-state index in [9.17, 15) is 14.3 Å². The third-order valence-electron chi connectivity index (χ3n) is 2.84. The van der Waals surface area contributed by atoms with Crippen molar-refractivity contribution in [3.8, 4) is 5.75 Å². The van der Waals surface area contributed by atoms with E-state index in [-0.39, 0.29) is 17.5 Å². The molecule has 0 aliphatic rings. The van der Waals surface area contributed by atoms with Crippen LogP contribution in [0.4, 0.5) is 10.1 Å². The van der Waals surface area contributed by atoms with Gasteiger partial charge in [0, 0.05) is 5.69 Å². The number of rotatable bonds is 4. The van der Waals surface area contributed by atoms with E-state index >= 15 is 0 Å². The molecule has 2 aromatic rings. The topological polar surface area (TPSA) is 75.3 Å². The predicted molar refractivity (Wildman–Crippen MR) is 74.8 cm³/mol. The highest BCUT2D eigenvalue weighted by atomic mass is 19.1. The van der Waals surface area contributed by atoms with Crippen molar-refractivity contribution in [3.63, 3.8) is 0 Å². The number of phenolic OH excluding ortho intramolecular Hbond substituents is 1. The summed E-state index contributed by atoms with van der Waals surface area (Å²) < 4.78 is 12.7. The normalized spacial score (nSPS) is 11.9. The second-order valence-corrected chi connectivity index (χ2v) is 4.47. The molecule has 0 bridgehead atoms. The zero-order chi connectivity index (χ0) is 14.5. The van der Waals surface area contributed by atoms with E-state index in [0.717, 1.165) is 5.56 Å². The van der Waals surface area contributed by atoms with Crippen molar-refractivity contribution in [1.82, 2.24) is 0 Å². The van der Waals surface area contributed by atoms with Crippen molar-refractivity contribution in [1.29, 1.82) is 0 Å². The summed E-state index contributed by atoms with van der Waals surface area (Å²) in [7, 11) is 0. The van der Waals surface area contributed by atoms with Crippen molar-refractivity contribution in [2.75, 3.05) is 5.32 Å². The Kier molecular flexibility index (Phi) is 4.32. The number of aromatic hydroxyl groups is 1. The van der Waals surface area contributed by atoms with Gasteiger partial charge in [0.25, 0.3) is 0 Å². The molecule has 2 rings (SSSR count). The molecule has 1 amide bonds. The van der Waals surface area contributed by atoms with Crippen LogP contribution in [0.3, 0.4) is 0 Å². The number of phenols is 1. The Morgan fingerprint density at radius 2 is 1.75 bits per heavy atom. The molecule has 0 aliphatic heterocycles. The van der Waals surface area contributed by atoms with E-state index in [4.69, 9.17) is 5.73 Å². The summed E-state index contributed by atoms with van der Waals surface area (Å²) in [6.45, 7) is 0. The first-order valence-electron chi connectivity index (χ1n) is 6.14. The molecule has 0 heterocycles. The number of hydrogen-bond acceptors (Lipinski definition) is 3. The van der Waals surface area contributed by atoms with Gasteiger partial charge >= 0.3 is 0 Å².